The summed E-state index contributed by atoms with van der Waals surface area (Å²) in [5.41, 5.74) is 0.0741. The van der Waals surface area contributed by atoms with E-state index < -0.39 is 15.8 Å². The monoisotopic (exact) mass is 240 g/mol. The van der Waals surface area contributed by atoms with E-state index in [-0.39, 0.29) is 16.2 Å². The summed E-state index contributed by atoms with van der Waals surface area (Å²) in [6.07, 6.45) is 3.20. The highest BCUT2D eigenvalue weighted by atomic mass is 32.2. The molecule has 0 aliphatic rings. The number of hydrogen-bond donors (Lipinski definition) is 1. The van der Waals surface area contributed by atoms with Crippen LogP contribution in [0.2, 0.25) is 0 Å². The van der Waals surface area contributed by atoms with Crippen molar-refractivity contribution in [3.05, 3.63) is 42.0 Å². The molecule has 0 heterocycles. The number of carboxylic acids is 1. The lowest BCUT2D eigenvalue weighted by Gasteiger charge is -2.01. The van der Waals surface area contributed by atoms with Crippen molar-refractivity contribution in [2.24, 2.45) is 0 Å². The summed E-state index contributed by atoms with van der Waals surface area (Å²) in [5.74, 6) is -1.15. The Morgan fingerprint density at radius 1 is 1.31 bits per heavy atom. The number of rotatable bonds is 4. The molecule has 0 amide bonds. The van der Waals surface area contributed by atoms with Gasteiger partial charge in [0.05, 0.1) is 16.2 Å². The summed E-state index contributed by atoms with van der Waals surface area (Å²) in [6, 6.07) is 5.18. The molecule has 0 aliphatic carbocycles. The van der Waals surface area contributed by atoms with Gasteiger partial charge in [-0.3, -0.25) is 0 Å². The van der Waals surface area contributed by atoms with Crippen molar-refractivity contribution in [2.75, 3.05) is 5.75 Å². The van der Waals surface area contributed by atoms with Gasteiger partial charge in [0.15, 0.2) is 9.84 Å². The van der Waals surface area contributed by atoms with Gasteiger partial charge in [-0.2, -0.15) is 0 Å². The lowest BCUT2D eigenvalue weighted by atomic mass is 10.2. The Hall–Kier alpha value is -1.62. The van der Waals surface area contributed by atoms with E-state index in [0.29, 0.717) is 0 Å². The zero-order valence-electron chi connectivity index (χ0n) is 8.75. The largest absolute Gasteiger partial charge is 0.478 e. The van der Waals surface area contributed by atoms with Crippen LogP contribution in [0.4, 0.5) is 0 Å². The van der Waals surface area contributed by atoms with Gasteiger partial charge in [0, 0.05) is 0 Å². The normalized spacial score (nSPS) is 11.8. The van der Waals surface area contributed by atoms with E-state index in [2.05, 4.69) is 0 Å². The molecule has 1 N–H and O–H groups in total. The minimum absolute atomic E-state index is 0.0735. The summed E-state index contributed by atoms with van der Waals surface area (Å²) >= 11 is 0. The highest BCUT2D eigenvalue weighted by Crippen LogP contribution is 2.12. The molecule has 86 valence electrons. The first-order valence-electron chi connectivity index (χ1n) is 4.64. The molecule has 0 aromatic heterocycles. The molecule has 1 aromatic rings. The van der Waals surface area contributed by atoms with Gasteiger partial charge in [-0.15, -0.1) is 0 Å². The molecule has 0 atom stereocenters. The van der Waals surface area contributed by atoms with Crippen molar-refractivity contribution in [3.8, 4) is 0 Å². The summed E-state index contributed by atoms with van der Waals surface area (Å²) < 4.78 is 23.3. The van der Waals surface area contributed by atoms with E-state index in [1.54, 1.807) is 19.1 Å². The third kappa shape index (κ3) is 2.93. The Morgan fingerprint density at radius 3 is 2.31 bits per heavy atom. The van der Waals surface area contributed by atoms with Crippen LogP contribution in [0.5, 0.6) is 0 Å². The molecule has 4 nitrogen and oxygen atoms in total. The van der Waals surface area contributed by atoms with Crippen molar-refractivity contribution in [1.82, 2.24) is 0 Å². The van der Waals surface area contributed by atoms with Crippen LogP contribution < -0.4 is 0 Å². The lowest BCUT2D eigenvalue weighted by Crippen LogP contribution is -2.05. The zero-order valence-corrected chi connectivity index (χ0v) is 9.57. The number of aromatic carboxylic acids is 1. The number of benzene rings is 1. The van der Waals surface area contributed by atoms with Crippen LogP contribution in [0.3, 0.4) is 0 Å². The van der Waals surface area contributed by atoms with Gasteiger partial charge < -0.3 is 5.11 Å². The first-order chi connectivity index (χ1) is 7.47. The maximum atomic E-state index is 11.7. The molecule has 1 rings (SSSR count). The van der Waals surface area contributed by atoms with Gasteiger partial charge >= 0.3 is 5.97 Å². The predicted octanol–water partition coefficient (Wildman–Crippen LogP) is 1.73. The van der Waals surface area contributed by atoms with Gasteiger partial charge in [0.1, 0.15) is 0 Å². The number of sulfone groups is 1. The summed E-state index contributed by atoms with van der Waals surface area (Å²) in [4.78, 5) is 10.7. The van der Waals surface area contributed by atoms with E-state index in [1.807, 2.05) is 0 Å². The van der Waals surface area contributed by atoms with Crippen LogP contribution in [0.1, 0.15) is 17.3 Å². The Labute approximate surface area is 94.1 Å². The first kappa shape index (κ1) is 12.4. The van der Waals surface area contributed by atoms with Gasteiger partial charge in [0.25, 0.3) is 0 Å². The topological polar surface area (TPSA) is 71.4 Å². The van der Waals surface area contributed by atoms with Crippen molar-refractivity contribution in [1.29, 1.82) is 0 Å². The number of hydrogen-bond acceptors (Lipinski definition) is 3. The highest BCUT2D eigenvalue weighted by molar-refractivity contribution is 7.91. The smallest absolute Gasteiger partial charge is 0.335 e. The fourth-order valence-corrected chi connectivity index (χ4v) is 2.31. The fraction of sp³-hybridized carbons (Fsp3) is 0.182. The summed E-state index contributed by atoms with van der Waals surface area (Å²) in [5, 5.41) is 8.66. The molecule has 0 unspecified atom stereocenters. The van der Waals surface area contributed by atoms with Crippen LogP contribution in [0.25, 0.3) is 0 Å². The minimum atomic E-state index is -3.34. The van der Waals surface area contributed by atoms with Crippen molar-refractivity contribution < 1.29 is 18.3 Å². The van der Waals surface area contributed by atoms with Gasteiger partial charge in [-0.25, -0.2) is 13.2 Å². The molecule has 1 aromatic carbocycles. The van der Waals surface area contributed by atoms with Crippen LogP contribution >= 0.6 is 0 Å². The molecule has 5 heteroatoms. The van der Waals surface area contributed by atoms with Crippen LogP contribution in [0, 0.1) is 0 Å². The second kappa shape index (κ2) is 4.94. The Bertz CT molecular complexity index is 497. The third-order valence-corrected chi connectivity index (χ3v) is 3.63. The molecular formula is C11H12O4S. The number of carbonyl (C=O) groups is 1. The molecule has 0 saturated heterocycles. The fourth-order valence-electron chi connectivity index (χ4n) is 1.12. The first-order valence-corrected chi connectivity index (χ1v) is 6.30. The average molecular weight is 240 g/mol. The summed E-state index contributed by atoms with van der Waals surface area (Å²) in [6.45, 7) is 1.74. The molecule has 0 saturated carbocycles. The van der Waals surface area contributed by atoms with Gasteiger partial charge in [-0.05, 0) is 31.2 Å². The van der Waals surface area contributed by atoms with Crippen LogP contribution in [0.15, 0.2) is 41.3 Å². The van der Waals surface area contributed by atoms with E-state index >= 15 is 0 Å². The van der Waals surface area contributed by atoms with Crippen molar-refractivity contribution >= 4 is 15.8 Å². The average Bonchev–Trinajstić information content (AvgIpc) is 2.26. The molecule has 0 fully saturated rings. The SMILES string of the molecule is C/C=C/CS(=O)(=O)c1ccc(C(=O)O)cc1. The second-order valence-electron chi connectivity index (χ2n) is 3.18. The lowest BCUT2D eigenvalue weighted by molar-refractivity contribution is 0.0697. The van der Waals surface area contributed by atoms with Crippen molar-refractivity contribution in [2.45, 2.75) is 11.8 Å². The quantitative estimate of drug-likeness (QED) is 0.813. The molecule has 0 aliphatic heterocycles. The maximum absolute atomic E-state index is 11.7. The molecule has 16 heavy (non-hydrogen) atoms. The third-order valence-electron chi connectivity index (χ3n) is 2.01. The van der Waals surface area contributed by atoms with E-state index in [0.717, 1.165) is 0 Å². The standard InChI is InChI=1S/C11H12O4S/c1-2-3-8-16(14,15)10-6-4-9(5-7-10)11(12)13/h2-7H,8H2,1H3,(H,12,13)/b3-2+. The predicted molar refractivity (Wildman–Crippen MR) is 60.3 cm³/mol. The molecule has 0 radical (unpaired) electrons. The minimum Gasteiger partial charge on any atom is -0.478 e. The van der Waals surface area contributed by atoms with Crippen LogP contribution in [-0.4, -0.2) is 25.2 Å². The zero-order chi connectivity index (χ0) is 12.2. The van der Waals surface area contributed by atoms with E-state index in [9.17, 15) is 13.2 Å². The van der Waals surface area contributed by atoms with Crippen molar-refractivity contribution in [3.63, 3.8) is 0 Å². The van der Waals surface area contributed by atoms with Crippen LogP contribution in [-0.2, 0) is 9.84 Å². The molecule has 0 bridgehead atoms. The summed E-state index contributed by atoms with van der Waals surface area (Å²) in [7, 11) is -3.34. The Morgan fingerprint density at radius 2 is 1.88 bits per heavy atom. The van der Waals surface area contributed by atoms with E-state index in [4.69, 9.17) is 5.11 Å². The van der Waals surface area contributed by atoms with Gasteiger partial charge in [0.2, 0.25) is 0 Å². The maximum Gasteiger partial charge on any atom is 0.335 e. The Kier molecular flexibility index (Phi) is 3.84. The highest BCUT2D eigenvalue weighted by Gasteiger charge is 2.12. The second-order valence-corrected chi connectivity index (χ2v) is 5.21. The number of carboxylic acid groups (broad SMARTS) is 1. The van der Waals surface area contributed by atoms with Gasteiger partial charge in [-0.1, -0.05) is 12.2 Å². The van der Waals surface area contributed by atoms with E-state index in [1.165, 1.54) is 24.3 Å². The molecular weight excluding hydrogens is 228 g/mol. The Balaban J connectivity index is 3.02. The number of allylic oxidation sites excluding steroid dienone is 1. The molecule has 0 spiro atoms.